The molecular weight excluding hydrogens is 520 g/mol. The van der Waals surface area contributed by atoms with Crippen LogP contribution >= 0.6 is 15.9 Å². The lowest BCUT2D eigenvalue weighted by atomic mass is 9.87. The van der Waals surface area contributed by atoms with Crippen LogP contribution in [-0.2, 0) is 21.5 Å². The van der Waals surface area contributed by atoms with E-state index in [0.29, 0.717) is 18.7 Å². The first-order valence-corrected chi connectivity index (χ1v) is 13.6. The Hall–Kier alpha value is -2.54. The van der Waals surface area contributed by atoms with E-state index >= 15 is 0 Å². The Balaban J connectivity index is 1.77. The van der Waals surface area contributed by atoms with E-state index in [2.05, 4.69) is 42.0 Å². The maximum atomic E-state index is 13.5. The minimum absolute atomic E-state index is 0.00700. The van der Waals surface area contributed by atoms with Crippen LogP contribution in [0.25, 0.3) is 0 Å². The Morgan fingerprint density at radius 1 is 1.11 bits per heavy atom. The Kier molecular flexibility index (Phi) is 9.83. The number of amides is 2. The van der Waals surface area contributed by atoms with Crippen molar-refractivity contribution in [1.82, 2.24) is 10.2 Å². The van der Waals surface area contributed by atoms with Gasteiger partial charge < -0.3 is 19.7 Å². The van der Waals surface area contributed by atoms with Crippen molar-refractivity contribution in [3.8, 4) is 11.5 Å². The summed E-state index contributed by atoms with van der Waals surface area (Å²) in [5.41, 5.74) is 2.10. The smallest absolute Gasteiger partial charge is 0.261 e. The van der Waals surface area contributed by atoms with E-state index < -0.39 is 6.04 Å². The molecule has 0 unspecified atom stereocenters. The number of halogens is 1. The molecule has 0 aliphatic heterocycles. The van der Waals surface area contributed by atoms with E-state index in [1.165, 1.54) is 5.56 Å². The molecule has 0 aromatic heterocycles. The molecule has 1 aliphatic carbocycles. The van der Waals surface area contributed by atoms with Gasteiger partial charge in [-0.3, -0.25) is 9.59 Å². The predicted molar refractivity (Wildman–Crippen MR) is 146 cm³/mol. The zero-order valence-electron chi connectivity index (χ0n) is 22.1. The van der Waals surface area contributed by atoms with Crippen LogP contribution in [0.4, 0.5) is 0 Å². The Labute approximate surface area is 223 Å². The minimum atomic E-state index is -0.574. The Morgan fingerprint density at radius 2 is 1.78 bits per heavy atom. The fraction of sp³-hybridized carbons (Fsp3) is 0.517. The number of carbonyl (C=O) groups is 2. The second kappa shape index (κ2) is 12.6. The van der Waals surface area contributed by atoms with E-state index in [9.17, 15) is 9.59 Å². The third kappa shape index (κ3) is 7.48. The van der Waals surface area contributed by atoms with Gasteiger partial charge >= 0.3 is 0 Å². The molecule has 1 fully saturated rings. The maximum Gasteiger partial charge on any atom is 0.261 e. The van der Waals surface area contributed by atoms with E-state index in [4.69, 9.17) is 9.47 Å². The summed E-state index contributed by atoms with van der Waals surface area (Å²) in [6, 6.07) is 13.1. The van der Waals surface area contributed by atoms with Gasteiger partial charge in [-0.15, -0.1) is 0 Å². The maximum absolute atomic E-state index is 13.5. The number of carbonyl (C=O) groups excluding carboxylic acids is 2. The molecule has 2 aromatic carbocycles. The van der Waals surface area contributed by atoms with Gasteiger partial charge in [0, 0.05) is 12.6 Å². The highest BCUT2D eigenvalue weighted by Gasteiger charge is 2.31. The number of nitrogens with zero attached hydrogens (tertiary/aromatic N) is 1. The topological polar surface area (TPSA) is 67.9 Å². The van der Waals surface area contributed by atoms with Crippen molar-refractivity contribution in [3.05, 3.63) is 58.1 Å². The van der Waals surface area contributed by atoms with Gasteiger partial charge in [-0.25, -0.2) is 0 Å². The summed E-state index contributed by atoms with van der Waals surface area (Å²) >= 11 is 3.58. The molecule has 2 aromatic rings. The average Bonchev–Trinajstić information content (AvgIpc) is 3.35. The molecule has 0 radical (unpaired) electrons. The van der Waals surface area contributed by atoms with Gasteiger partial charge in [-0.2, -0.15) is 0 Å². The highest BCUT2D eigenvalue weighted by atomic mass is 79.9. The van der Waals surface area contributed by atoms with Gasteiger partial charge in [-0.1, -0.05) is 58.7 Å². The molecule has 196 valence electrons. The van der Waals surface area contributed by atoms with Gasteiger partial charge in [0.05, 0.1) is 11.6 Å². The van der Waals surface area contributed by atoms with Crippen LogP contribution in [0, 0.1) is 0 Å². The van der Waals surface area contributed by atoms with Crippen molar-refractivity contribution in [2.45, 2.75) is 83.8 Å². The molecule has 1 saturated carbocycles. The van der Waals surface area contributed by atoms with Crippen molar-refractivity contribution < 1.29 is 19.1 Å². The van der Waals surface area contributed by atoms with Crippen molar-refractivity contribution in [3.63, 3.8) is 0 Å². The molecule has 7 heteroatoms. The molecule has 1 atom stereocenters. The standard InChI is InChI=1S/C29H39BrN2O4/c1-6-25(28(34)31-22-9-7-8-10-22)32(18-20-11-14-23(35-5)15-12-20)27(33)19-36-26-16-13-21(17-24(26)30)29(2,3)4/h11-17,22,25H,6-10,18-19H2,1-5H3,(H,31,34)/t25-/m1/s1. The number of rotatable bonds is 10. The molecule has 0 bridgehead atoms. The third-order valence-corrected chi connectivity index (χ3v) is 7.37. The van der Waals surface area contributed by atoms with Crippen LogP contribution in [0.5, 0.6) is 11.5 Å². The highest BCUT2D eigenvalue weighted by Crippen LogP contribution is 2.31. The van der Waals surface area contributed by atoms with Crippen LogP contribution in [-0.4, -0.2) is 42.5 Å². The third-order valence-electron chi connectivity index (χ3n) is 6.75. The normalized spacial score (nSPS) is 14.8. The van der Waals surface area contributed by atoms with Crippen molar-refractivity contribution in [2.75, 3.05) is 13.7 Å². The quantitative estimate of drug-likeness (QED) is 0.388. The Bertz CT molecular complexity index is 1030. The van der Waals surface area contributed by atoms with Crippen LogP contribution < -0.4 is 14.8 Å². The largest absolute Gasteiger partial charge is 0.497 e. The van der Waals surface area contributed by atoms with E-state index in [1.54, 1.807) is 12.0 Å². The zero-order valence-corrected chi connectivity index (χ0v) is 23.7. The molecular formula is C29H39BrN2O4. The lowest BCUT2D eigenvalue weighted by Gasteiger charge is -2.31. The van der Waals surface area contributed by atoms with E-state index in [-0.39, 0.29) is 29.9 Å². The van der Waals surface area contributed by atoms with Gasteiger partial charge in [0.15, 0.2) is 6.61 Å². The first-order chi connectivity index (χ1) is 17.1. The number of methoxy groups -OCH3 is 1. The van der Waals surface area contributed by atoms with Crippen LogP contribution in [0.15, 0.2) is 46.9 Å². The molecule has 6 nitrogen and oxygen atoms in total. The van der Waals surface area contributed by atoms with E-state index in [1.807, 2.05) is 49.4 Å². The summed E-state index contributed by atoms with van der Waals surface area (Å²) in [5.74, 6) is 1.02. The average molecular weight is 560 g/mol. The fourth-order valence-electron chi connectivity index (χ4n) is 4.52. The number of hydrogen-bond acceptors (Lipinski definition) is 4. The molecule has 0 saturated heterocycles. The first-order valence-electron chi connectivity index (χ1n) is 12.8. The fourth-order valence-corrected chi connectivity index (χ4v) is 5.01. The minimum Gasteiger partial charge on any atom is -0.497 e. The summed E-state index contributed by atoms with van der Waals surface area (Å²) in [6.45, 7) is 8.55. The number of benzene rings is 2. The second-order valence-corrected chi connectivity index (χ2v) is 11.3. The van der Waals surface area contributed by atoms with Gasteiger partial charge in [0.25, 0.3) is 5.91 Å². The van der Waals surface area contributed by atoms with Gasteiger partial charge in [0.2, 0.25) is 5.91 Å². The molecule has 3 rings (SSSR count). The van der Waals surface area contributed by atoms with Crippen molar-refractivity contribution in [1.29, 1.82) is 0 Å². The highest BCUT2D eigenvalue weighted by molar-refractivity contribution is 9.10. The van der Waals surface area contributed by atoms with Crippen LogP contribution in [0.3, 0.4) is 0 Å². The molecule has 0 spiro atoms. The molecule has 2 amide bonds. The monoisotopic (exact) mass is 558 g/mol. The number of hydrogen-bond donors (Lipinski definition) is 1. The number of ether oxygens (including phenoxy) is 2. The predicted octanol–water partition coefficient (Wildman–Crippen LogP) is 6.00. The summed E-state index contributed by atoms with van der Waals surface area (Å²) in [6.07, 6.45) is 4.77. The molecule has 36 heavy (non-hydrogen) atoms. The molecule has 1 N–H and O–H groups in total. The number of nitrogens with one attached hydrogen (secondary N) is 1. The summed E-state index contributed by atoms with van der Waals surface area (Å²) in [7, 11) is 1.62. The van der Waals surface area contributed by atoms with Crippen LogP contribution in [0.1, 0.15) is 70.9 Å². The SMILES string of the molecule is CC[C@H](C(=O)NC1CCCC1)N(Cc1ccc(OC)cc1)C(=O)COc1ccc(C(C)(C)C)cc1Br. The summed E-state index contributed by atoms with van der Waals surface area (Å²) < 4.78 is 12.0. The molecule has 1 aliphatic rings. The molecule has 0 heterocycles. The summed E-state index contributed by atoms with van der Waals surface area (Å²) in [5, 5.41) is 3.17. The first kappa shape index (κ1) is 28.0. The van der Waals surface area contributed by atoms with E-state index in [0.717, 1.165) is 41.5 Å². The second-order valence-electron chi connectivity index (χ2n) is 10.5. The van der Waals surface area contributed by atoms with Gasteiger partial charge in [-0.05, 0) is 76.0 Å². The van der Waals surface area contributed by atoms with Crippen molar-refractivity contribution >= 4 is 27.7 Å². The lowest BCUT2D eigenvalue weighted by molar-refractivity contribution is -0.143. The van der Waals surface area contributed by atoms with Gasteiger partial charge in [0.1, 0.15) is 17.5 Å². The lowest BCUT2D eigenvalue weighted by Crippen LogP contribution is -2.52. The Morgan fingerprint density at radius 3 is 2.33 bits per heavy atom. The van der Waals surface area contributed by atoms with Crippen LogP contribution in [0.2, 0.25) is 0 Å². The van der Waals surface area contributed by atoms with Crippen molar-refractivity contribution in [2.24, 2.45) is 0 Å². The zero-order chi connectivity index (χ0) is 26.3. The summed E-state index contributed by atoms with van der Waals surface area (Å²) in [4.78, 5) is 28.4.